The molecule has 10 heteroatoms. The summed E-state index contributed by atoms with van der Waals surface area (Å²) in [5, 5.41) is 13.6. The van der Waals surface area contributed by atoms with Gasteiger partial charge in [-0.05, 0) is 12.8 Å². The number of nitrogens with zero attached hydrogens (tertiary/aromatic N) is 3. The average Bonchev–Trinajstić information content (AvgIpc) is 3.14. The summed E-state index contributed by atoms with van der Waals surface area (Å²) in [6.45, 7) is 0.546. The lowest BCUT2D eigenvalue weighted by atomic mass is 9.97. The van der Waals surface area contributed by atoms with Gasteiger partial charge in [-0.25, -0.2) is 13.8 Å². The normalized spacial score (nSPS) is 15.4. The van der Waals surface area contributed by atoms with E-state index in [1.807, 2.05) is 5.38 Å². The molecule has 132 valence electrons. The Morgan fingerprint density at radius 1 is 1.24 bits per heavy atom. The molecule has 2 heterocycles. The van der Waals surface area contributed by atoms with Crippen molar-refractivity contribution in [3.8, 4) is 0 Å². The summed E-state index contributed by atoms with van der Waals surface area (Å²) >= 11 is 1.51. The number of amides is 1. The molecule has 0 atom stereocenters. The molecule has 1 fully saturated rings. The summed E-state index contributed by atoms with van der Waals surface area (Å²) in [5.41, 5.74) is -2.10. The second-order valence-electron chi connectivity index (χ2n) is 5.58. The Balaban J connectivity index is 1.81. The molecule has 0 saturated carbocycles. The maximum atomic E-state index is 13.9. The molecule has 6 nitrogen and oxygen atoms in total. The molecule has 1 aliphatic heterocycles. The molecule has 1 aromatic carbocycles. The van der Waals surface area contributed by atoms with Crippen LogP contribution in [0.1, 0.15) is 34.1 Å². The molecule has 2 aromatic rings. The predicted octanol–water partition coefficient (Wildman–Crippen LogP) is 3.49. The number of nitro benzene ring substituents is 1. The molecule has 1 aromatic heterocycles. The molecule has 0 radical (unpaired) electrons. The van der Waals surface area contributed by atoms with Crippen molar-refractivity contribution in [3.05, 3.63) is 55.8 Å². The first-order chi connectivity index (χ1) is 11.9. The van der Waals surface area contributed by atoms with Crippen LogP contribution in [0.4, 0.5) is 18.9 Å². The van der Waals surface area contributed by atoms with E-state index in [2.05, 4.69) is 4.98 Å². The molecule has 0 aliphatic carbocycles. The second kappa shape index (κ2) is 6.79. The fourth-order valence-electron chi connectivity index (χ4n) is 2.81. The van der Waals surface area contributed by atoms with Gasteiger partial charge in [-0.15, -0.1) is 11.3 Å². The minimum Gasteiger partial charge on any atom is -0.339 e. The van der Waals surface area contributed by atoms with Gasteiger partial charge in [0.25, 0.3) is 5.91 Å². The highest BCUT2D eigenvalue weighted by Gasteiger charge is 2.32. The highest BCUT2D eigenvalue weighted by atomic mass is 32.1. The van der Waals surface area contributed by atoms with E-state index in [4.69, 9.17) is 0 Å². The summed E-state index contributed by atoms with van der Waals surface area (Å²) in [6.07, 6.45) is 2.87. The van der Waals surface area contributed by atoms with E-state index in [1.165, 1.54) is 16.2 Å². The van der Waals surface area contributed by atoms with Gasteiger partial charge in [0.15, 0.2) is 5.82 Å². The van der Waals surface area contributed by atoms with Crippen LogP contribution in [0.2, 0.25) is 0 Å². The molecule has 1 saturated heterocycles. The van der Waals surface area contributed by atoms with Crippen molar-refractivity contribution in [3.63, 3.8) is 0 Å². The quantitative estimate of drug-likeness (QED) is 0.470. The van der Waals surface area contributed by atoms with Gasteiger partial charge in [-0.2, -0.15) is 4.39 Å². The van der Waals surface area contributed by atoms with Crippen molar-refractivity contribution in [1.82, 2.24) is 9.88 Å². The first kappa shape index (κ1) is 17.3. The number of halogens is 3. The summed E-state index contributed by atoms with van der Waals surface area (Å²) in [6, 6.07) is 0.447. The number of aromatic nitrogens is 1. The SMILES string of the molecule is O=C(c1cc([N+](=O)[O-])c(F)c(F)c1F)N1CCC(c2nccs2)CC1. The van der Waals surface area contributed by atoms with Crippen LogP contribution in [-0.4, -0.2) is 33.8 Å². The zero-order chi connectivity index (χ0) is 18.1. The lowest BCUT2D eigenvalue weighted by molar-refractivity contribution is -0.387. The van der Waals surface area contributed by atoms with Gasteiger partial charge >= 0.3 is 5.69 Å². The van der Waals surface area contributed by atoms with Gasteiger partial charge in [-0.3, -0.25) is 14.9 Å². The van der Waals surface area contributed by atoms with Crippen LogP contribution in [0.3, 0.4) is 0 Å². The highest BCUT2D eigenvalue weighted by molar-refractivity contribution is 7.09. The van der Waals surface area contributed by atoms with Crippen LogP contribution in [0.15, 0.2) is 17.6 Å². The summed E-state index contributed by atoms with van der Waals surface area (Å²) in [7, 11) is 0. The smallest absolute Gasteiger partial charge is 0.308 e. The minimum atomic E-state index is -2.02. The Labute approximate surface area is 144 Å². The maximum Gasteiger partial charge on any atom is 0.308 e. The molecule has 25 heavy (non-hydrogen) atoms. The number of nitro groups is 1. The van der Waals surface area contributed by atoms with Crippen molar-refractivity contribution >= 4 is 22.9 Å². The Morgan fingerprint density at radius 2 is 1.92 bits per heavy atom. The Bertz CT molecular complexity index is 821. The van der Waals surface area contributed by atoms with Crippen LogP contribution in [0, 0.1) is 27.6 Å². The third-order valence-corrected chi connectivity index (χ3v) is 5.08. The number of hydrogen-bond donors (Lipinski definition) is 0. The van der Waals surface area contributed by atoms with Gasteiger partial charge in [0.2, 0.25) is 11.6 Å². The van der Waals surface area contributed by atoms with E-state index in [1.54, 1.807) is 6.20 Å². The Kier molecular flexibility index (Phi) is 4.71. The van der Waals surface area contributed by atoms with Gasteiger partial charge in [0.05, 0.1) is 15.5 Å². The zero-order valence-electron chi connectivity index (χ0n) is 12.7. The number of thiazole rings is 1. The van der Waals surface area contributed by atoms with E-state index < -0.39 is 39.5 Å². The molecule has 1 aliphatic rings. The van der Waals surface area contributed by atoms with E-state index in [9.17, 15) is 28.1 Å². The third-order valence-electron chi connectivity index (χ3n) is 4.14. The predicted molar refractivity (Wildman–Crippen MR) is 83.0 cm³/mol. The van der Waals surface area contributed by atoms with Crippen LogP contribution in [0.5, 0.6) is 0 Å². The van der Waals surface area contributed by atoms with Crippen LogP contribution < -0.4 is 0 Å². The lowest BCUT2D eigenvalue weighted by Crippen LogP contribution is -2.38. The van der Waals surface area contributed by atoms with Crippen LogP contribution in [-0.2, 0) is 0 Å². The van der Waals surface area contributed by atoms with Crippen molar-refractivity contribution < 1.29 is 22.9 Å². The fourth-order valence-corrected chi connectivity index (χ4v) is 3.63. The topological polar surface area (TPSA) is 76.3 Å². The van der Waals surface area contributed by atoms with Crippen LogP contribution in [0.25, 0.3) is 0 Å². The van der Waals surface area contributed by atoms with Crippen molar-refractivity contribution in [2.24, 2.45) is 0 Å². The molecular weight excluding hydrogens is 359 g/mol. The zero-order valence-corrected chi connectivity index (χ0v) is 13.6. The molecule has 0 N–H and O–H groups in total. The number of carbonyl (C=O) groups excluding carboxylic acids is 1. The van der Waals surface area contributed by atoms with Crippen molar-refractivity contribution in [1.29, 1.82) is 0 Å². The van der Waals surface area contributed by atoms with Gasteiger partial charge in [-0.1, -0.05) is 0 Å². The van der Waals surface area contributed by atoms with Gasteiger partial charge in [0.1, 0.15) is 0 Å². The van der Waals surface area contributed by atoms with E-state index in [-0.39, 0.29) is 19.0 Å². The largest absolute Gasteiger partial charge is 0.339 e. The summed E-state index contributed by atoms with van der Waals surface area (Å²) < 4.78 is 40.9. The minimum absolute atomic E-state index is 0.174. The van der Waals surface area contributed by atoms with E-state index >= 15 is 0 Å². The number of piperidine rings is 1. The molecule has 3 rings (SSSR count). The number of hydrogen-bond acceptors (Lipinski definition) is 5. The highest BCUT2D eigenvalue weighted by Crippen LogP contribution is 2.31. The van der Waals surface area contributed by atoms with E-state index in [0.29, 0.717) is 18.9 Å². The summed E-state index contributed by atoms with van der Waals surface area (Å²) in [4.78, 5) is 27.5. The fraction of sp³-hybridized carbons (Fsp3) is 0.333. The molecule has 0 unspecified atom stereocenters. The maximum absolute atomic E-state index is 13.9. The van der Waals surface area contributed by atoms with E-state index in [0.717, 1.165) is 5.01 Å². The second-order valence-corrected chi connectivity index (χ2v) is 6.51. The van der Waals surface area contributed by atoms with Crippen molar-refractivity contribution in [2.45, 2.75) is 18.8 Å². The monoisotopic (exact) mass is 371 g/mol. The molecule has 0 bridgehead atoms. The standard InChI is InChI=1S/C15H12F3N3O3S/c16-11-9(7-10(21(23)24)12(17)13(11)18)15(22)20-4-1-8(2-5-20)14-19-3-6-25-14/h3,6-8H,1-2,4-5H2. The molecule has 0 spiro atoms. The average molecular weight is 371 g/mol. The first-order valence-corrected chi connectivity index (χ1v) is 8.28. The lowest BCUT2D eigenvalue weighted by Gasteiger charge is -2.31. The number of rotatable bonds is 3. The Morgan fingerprint density at radius 3 is 2.48 bits per heavy atom. The number of carbonyl (C=O) groups is 1. The van der Waals surface area contributed by atoms with Gasteiger partial charge in [0, 0.05) is 36.7 Å². The van der Waals surface area contributed by atoms with Gasteiger partial charge < -0.3 is 4.90 Å². The summed E-state index contributed by atoms with van der Waals surface area (Å²) in [5.74, 6) is -6.36. The number of likely N-dealkylation sites (tertiary alicyclic amines) is 1. The molecular formula is C15H12F3N3O3S. The van der Waals surface area contributed by atoms with Crippen molar-refractivity contribution in [2.75, 3.05) is 13.1 Å². The van der Waals surface area contributed by atoms with Crippen LogP contribution >= 0.6 is 11.3 Å². The third kappa shape index (κ3) is 3.21. The Hall–Kier alpha value is -2.49. The first-order valence-electron chi connectivity index (χ1n) is 7.40. The number of benzene rings is 1. The molecule has 1 amide bonds.